The summed E-state index contributed by atoms with van der Waals surface area (Å²) < 4.78 is 14.0. The Hall–Kier alpha value is -2.31. The number of ether oxygens (including phenoxy) is 3. The number of fused-ring (bicyclic) bond motifs is 2. The van der Waals surface area contributed by atoms with E-state index in [0.29, 0.717) is 5.57 Å². The van der Waals surface area contributed by atoms with Crippen molar-refractivity contribution in [2.24, 2.45) is 5.92 Å². The molecule has 0 aromatic rings. The zero-order chi connectivity index (χ0) is 14.9. The van der Waals surface area contributed by atoms with Crippen molar-refractivity contribution >= 4 is 18.0 Å². The third-order valence-electron chi connectivity index (χ3n) is 3.48. The number of esters is 2. The zero-order valence-electron chi connectivity index (χ0n) is 11.4. The molecule has 108 valence electrons. The first-order valence-electron chi connectivity index (χ1n) is 5.97. The first-order chi connectivity index (χ1) is 9.54. The Morgan fingerprint density at radius 2 is 1.80 bits per heavy atom. The fourth-order valence-corrected chi connectivity index (χ4v) is 2.63. The molecule has 0 unspecified atom stereocenters. The Kier molecular flexibility index (Phi) is 3.78. The molecule has 0 aliphatic carbocycles. The molecule has 0 aromatic carbocycles. The minimum absolute atomic E-state index is 0.474. The van der Waals surface area contributed by atoms with Crippen molar-refractivity contribution in [1.82, 2.24) is 4.90 Å². The SMILES string of the molecule is COC(=O)/C=C1\[C@H]2C=C[C@@H]([C@H]1C(=O)OC)N2C(=O)OC. The summed E-state index contributed by atoms with van der Waals surface area (Å²) in [6.45, 7) is 0. The van der Waals surface area contributed by atoms with Gasteiger partial charge in [0.1, 0.15) is 5.92 Å². The third-order valence-corrected chi connectivity index (χ3v) is 3.48. The molecule has 0 radical (unpaired) electrons. The molecule has 0 N–H and O–H groups in total. The highest BCUT2D eigenvalue weighted by molar-refractivity contribution is 5.89. The molecule has 2 heterocycles. The van der Waals surface area contributed by atoms with Gasteiger partial charge in [-0.2, -0.15) is 0 Å². The molecule has 1 fully saturated rings. The van der Waals surface area contributed by atoms with E-state index in [-0.39, 0.29) is 0 Å². The summed E-state index contributed by atoms with van der Waals surface area (Å²) in [6.07, 6.45) is 4.14. The molecule has 2 aliphatic rings. The number of hydrogen-bond acceptors (Lipinski definition) is 6. The fourth-order valence-electron chi connectivity index (χ4n) is 2.63. The van der Waals surface area contributed by atoms with Gasteiger partial charge in [-0.25, -0.2) is 9.59 Å². The van der Waals surface area contributed by atoms with E-state index in [2.05, 4.69) is 4.74 Å². The summed E-state index contributed by atoms with van der Waals surface area (Å²) in [7, 11) is 3.76. The van der Waals surface area contributed by atoms with Crippen molar-refractivity contribution in [3.63, 3.8) is 0 Å². The molecule has 20 heavy (non-hydrogen) atoms. The van der Waals surface area contributed by atoms with E-state index in [1.807, 2.05) is 0 Å². The van der Waals surface area contributed by atoms with Gasteiger partial charge in [0.05, 0.1) is 33.4 Å². The average molecular weight is 281 g/mol. The van der Waals surface area contributed by atoms with E-state index in [1.54, 1.807) is 12.2 Å². The van der Waals surface area contributed by atoms with Gasteiger partial charge in [-0.05, 0) is 5.57 Å². The van der Waals surface area contributed by atoms with Crippen molar-refractivity contribution in [2.75, 3.05) is 21.3 Å². The predicted molar refractivity (Wildman–Crippen MR) is 66.6 cm³/mol. The second kappa shape index (κ2) is 5.36. The Morgan fingerprint density at radius 3 is 2.35 bits per heavy atom. The first kappa shape index (κ1) is 14.1. The summed E-state index contributed by atoms with van der Waals surface area (Å²) in [6, 6.07) is -0.994. The van der Waals surface area contributed by atoms with Crippen LogP contribution in [-0.2, 0) is 23.8 Å². The quantitative estimate of drug-likeness (QED) is 0.312. The monoisotopic (exact) mass is 281 g/mol. The van der Waals surface area contributed by atoms with Gasteiger partial charge >= 0.3 is 18.0 Å². The van der Waals surface area contributed by atoms with E-state index in [0.717, 1.165) is 0 Å². The van der Waals surface area contributed by atoms with E-state index in [4.69, 9.17) is 9.47 Å². The molecule has 2 rings (SSSR count). The smallest absolute Gasteiger partial charge is 0.410 e. The lowest BCUT2D eigenvalue weighted by molar-refractivity contribution is -0.144. The van der Waals surface area contributed by atoms with Crippen LogP contribution in [0.1, 0.15) is 0 Å². The topological polar surface area (TPSA) is 82.1 Å². The van der Waals surface area contributed by atoms with Crippen LogP contribution >= 0.6 is 0 Å². The lowest BCUT2D eigenvalue weighted by Gasteiger charge is -2.20. The van der Waals surface area contributed by atoms with Gasteiger partial charge in [-0.15, -0.1) is 0 Å². The molecular weight excluding hydrogens is 266 g/mol. The lowest BCUT2D eigenvalue weighted by Crippen LogP contribution is -2.38. The van der Waals surface area contributed by atoms with E-state index >= 15 is 0 Å². The standard InChI is InChI=1S/C13H15NO6/c1-18-10(15)6-7-8-4-5-9(11(7)12(16)19-2)14(8)13(17)20-3/h4-6,8-9,11H,1-3H3/b7-6+/t8-,9+,11+/m1/s1. The average Bonchev–Trinajstić information content (AvgIpc) is 3.01. The molecule has 0 spiro atoms. The Morgan fingerprint density at radius 1 is 1.10 bits per heavy atom. The maximum atomic E-state index is 11.9. The van der Waals surface area contributed by atoms with Crippen LogP contribution in [-0.4, -0.2) is 56.3 Å². The van der Waals surface area contributed by atoms with Gasteiger partial charge in [0.2, 0.25) is 0 Å². The molecular formula is C13H15NO6. The summed E-state index contributed by atoms with van der Waals surface area (Å²) >= 11 is 0. The Labute approximate surface area is 115 Å². The van der Waals surface area contributed by atoms with Crippen LogP contribution in [0.3, 0.4) is 0 Å². The summed E-state index contributed by atoms with van der Waals surface area (Å²) in [5.41, 5.74) is 0.474. The van der Waals surface area contributed by atoms with Crippen molar-refractivity contribution in [2.45, 2.75) is 12.1 Å². The van der Waals surface area contributed by atoms with Crippen LogP contribution in [0.15, 0.2) is 23.8 Å². The van der Waals surface area contributed by atoms with E-state index in [9.17, 15) is 14.4 Å². The molecule has 1 saturated heterocycles. The number of methoxy groups -OCH3 is 3. The van der Waals surface area contributed by atoms with Gasteiger partial charge in [-0.1, -0.05) is 12.2 Å². The minimum Gasteiger partial charge on any atom is -0.468 e. The van der Waals surface area contributed by atoms with Crippen LogP contribution in [0.4, 0.5) is 4.79 Å². The third kappa shape index (κ3) is 2.04. The molecule has 1 amide bonds. The Balaban J connectivity index is 2.41. The highest BCUT2D eigenvalue weighted by atomic mass is 16.5. The van der Waals surface area contributed by atoms with Crippen LogP contribution in [0.5, 0.6) is 0 Å². The second-order valence-corrected chi connectivity index (χ2v) is 4.37. The van der Waals surface area contributed by atoms with E-state index in [1.165, 1.54) is 32.3 Å². The summed E-state index contributed by atoms with van der Waals surface area (Å²) in [4.78, 5) is 36.5. The van der Waals surface area contributed by atoms with Crippen LogP contribution in [0, 0.1) is 5.92 Å². The predicted octanol–water partition coefficient (Wildman–Crippen LogP) is 0.264. The summed E-state index contributed by atoms with van der Waals surface area (Å²) in [5.74, 6) is -1.81. The highest BCUT2D eigenvalue weighted by Crippen LogP contribution is 2.42. The van der Waals surface area contributed by atoms with Crippen molar-refractivity contribution in [1.29, 1.82) is 0 Å². The maximum Gasteiger partial charge on any atom is 0.410 e. The molecule has 0 saturated carbocycles. The lowest BCUT2D eigenvalue weighted by atomic mass is 9.88. The molecule has 2 aliphatic heterocycles. The second-order valence-electron chi connectivity index (χ2n) is 4.37. The van der Waals surface area contributed by atoms with Gasteiger partial charge < -0.3 is 14.2 Å². The fraction of sp³-hybridized carbons (Fsp3) is 0.462. The van der Waals surface area contributed by atoms with Gasteiger partial charge in [-0.3, -0.25) is 9.69 Å². The number of nitrogens with zero attached hydrogens (tertiary/aromatic N) is 1. The largest absolute Gasteiger partial charge is 0.468 e. The van der Waals surface area contributed by atoms with Gasteiger partial charge in [0.25, 0.3) is 0 Å². The molecule has 0 aromatic heterocycles. The number of hydrogen-bond donors (Lipinski definition) is 0. The number of carbonyl (C=O) groups excluding carboxylic acids is 3. The van der Waals surface area contributed by atoms with Crippen molar-refractivity contribution < 1.29 is 28.6 Å². The number of carbonyl (C=O) groups is 3. The normalized spacial score (nSPS) is 28.6. The van der Waals surface area contributed by atoms with E-state index < -0.39 is 36.0 Å². The van der Waals surface area contributed by atoms with Crippen LogP contribution in [0.25, 0.3) is 0 Å². The van der Waals surface area contributed by atoms with Crippen LogP contribution in [0.2, 0.25) is 0 Å². The molecule has 3 atom stereocenters. The number of rotatable bonds is 2. The first-order valence-corrected chi connectivity index (χ1v) is 5.97. The minimum atomic E-state index is -0.715. The molecule has 7 nitrogen and oxygen atoms in total. The highest BCUT2D eigenvalue weighted by Gasteiger charge is 2.53. The van der Waals surface area contributed by atoms with Gasteiger partial charge in [0.15, 0.2) is 0 Å². The maximum absolute atomic E-state index is 11.9. The number of amides is 1. The van der Waals surface area contributed by atoms with Crippen molar-refractivity contribution in [3.8, 4) is 0 Å². The van der Waals surface area contributed by atoms with Crippen molar-refractivity contribution in [3.05, 3.63) is 23.8 Å². The van der Waals surface area contributed by atoms with Crippen LogP contribution < -0.4 is 0 Å². The molecule has 2 bridgehead atoms. The molecule has 7 heteroatoms. The zero-order valence-corrected chi connectivity index (χ0v) is 11.4. The summed E-state index contributed by atoms with van der Waals surface area (Å²) in [5, 5.41) is 0. The van der Waals surface area contributed by atoms with Gasteiger partial charge in [0, 0.05) is 6.08 Å². The Bertz CT molecular complexity index is 509.